The summed E-state index contributed by atoms with van der Waals surface area (Å²) in [7, 11) is 0. The first kappa shape index (κ1) is 16.0. The van der Waals surface area contributed by atoms with Crippen LogP contribution in [0.15, 0.2) is 0 Å². The molecule has 18 heavy (non-hydrogen) atoms. The van der Waals surface area contributed by atoms with Crippen LogP contribution in [0, 0.1) is 11.3 Å². The first-order valence-electron chi connectivity index (χ1n) is 8.05. The molecule has 2 nitrogen and oxygen atoms in total. The quantitative estimate of drug-likeness (QED) is 0.633. The van der Waals surface area contributed by atoms with Gasteiger partial charge in [0.25, 0.3) is 0 Å². The summed E-state index contributed by atoms with van der Waals surface area (Å²) in [5.74, 6) is 0.784. The van der Waals surface area contributed by atoms with Crippen molar-refractivity contribution >= 4 is 0 Å². The van der Waals surface area contributed by atoms with E-state index < -0.39 is 0 Å². The fraction of sp³-hybridized carbons (Fsp3) is 1.00. The van der Waals surface area contributed by atoms with Crippen molar-refractivity contribution in [3.8, 4) is 0 Å². The molecule has 1 fully saturated rings. The number of nitrogens with zero attached hydrogens (tertiary/aromatic N) is 1. The second-order valence-corrected chi connectivity index (χ2v) is 6.61. The maximum atomic E-state index is 3.67. The van der Waals surface area contributed by atoms with Crippen molar-refractivity contribution in [3.05, 3.63) is 0 Å². The zero-order chi connectivity index (χ0) is 13.4. The van der Waals surface area contributed by atoms with Crippen LogP contribution in [0.2, 0.25) is 0 Å². The van der Waals surface area contributed by atoms with Gasteiger partial charge in [-0.2, -0.15) is 0 Å². The molecule has 1 saturated carbocycles. The van der Waals surface area contributed by atoms with E-state index in [4.69, 9.17) is 0 Å². The zero-order valence-electron chi connectivity index (χ0n) is 13.1. The zero-order valence-corrected chi connectivity index (χ0v) is 13.1. The molecule has 1 N–H and O–H groups in total. The number of hydrogen-bond acceptors (Lipinski definition) is 2. The first-order valence-corrected chi connectivity index (χ1v) is 8.05. The lowest BCUT2D eigenvalue weighted by Gasteiger charge is -2.36. The van der Waals surface area contributed by atoms with E-state index in [1.807, 2.05) is 0 Å². The maximum Gasteiger partial charge on any atom is 0.00501 e. The van der Waals surface area contributed by atoms with Gasteiger partial charge in [0, 0.05) is 19.6 Å². The first-order chi connectivity index (χ1) is 8.62. The maximum absolute atomic E-state index is 3.67. The highest BCUT2D eigenvalue weighted by Gasteiger charge is 2.34. The lowest BCUT2D eigenvalue weighted by Crippen LogP contribution is -2.43. The van der Waals surface area contributed by atoms with Crippen LogP contribution in [0.1, 0.15) is 59.8 Å². The Morgan fingerprint density at radius 1 is 1.17 bits per heavy atom. The third-order valence-electron chi connectivity index (χ3n) is 4.22. The molecule has 0 aliphatic heterocycles. The summed E-state index contributed by atoms with van der Waals surface area (Å²) >= 11 is 0. The highest BCUT2D eigenvalue weighted by molar-refractivity contribution is 4.89. The van der Waals surface area contributed by atoms with Crippen LogP contribution >= 0.6 is 0 Å². The SMILES string of the molecule is CCCNCC1(CN(CC)CC(C)C)CCCC1. The van der Waals surface area contributed by atoms with Gasteiger partial charge in [-0.25, -0.2) is 0 Å². The molecule has 1 aliphatic carbocycles. The number of nitrogens with one attached hydrogen (secondary N) is 1. The largest absolute Gasteiger partial charge is 0.316 e. The molecule has 0 radical (unpaired) electrons. The van der Waals surface area contributed by atoms with Crippen LogP contribution in [0.4, 0.5) is 0 Å². The fourth-order valence-corrected chi connectivity index (χ4v) is 3.34. The topological polar surface area (TPSA) is 15.3 Å². The summed E-state index contributed by atoms with van der Waals surface area (Å²) < 4.78 is 0. The van der Waals surface area contributed by atoms with Crippen molar-refractivity contribution in [1.29, 1.82) is 0 Å². The van der Waals surface area contributed by atoms with Crippen LogP contribution in [0.25, 0.3) is 0 Å². The van der Waals surface area contributed by atoms with Gasteiger partial charge in [0.2, 0.25) is 0 Å². The second-order valence-electron chi connectivity index (χ2n) is 6.61. The predicted octanol–water partition coefficient (Wildman–Crippen LogP) is 3.52. The van der Waals surface area contributed by atoms with Crippen molar-refractivity contribution in [2.24, 2.45) is 11.3 Å². The Balaban J connectivity index is 2.49. The molecular formula is C16H34N2. The lowest BCUT2D eigenvalue weighted by molar-refractivity contribution is 0.142. The molecule has 0 aromatic rings. The Labute approximate surface area is 115 Å². The Hall–Kier alpha value is -0.0800. The monoisotopic (exact) mass is 254 g/mol. The van der Waals surface area contributed by atoms with E-state index in [1.54, 1.807) is 0 Å². The minimum Gasteiger partial charge on any atom is -0.316 e. The third-order valence-corrected chi connectivity index (χ3v) is 4.22. The predicted molar refractivity (Wildman–Crippen MR) is 81.0 cm³/mol. The Morgan fingerprint density at radius 2 is 1.83 bits per heavy atom. The van der Waals surface area contributed by atoms with Crippen molar-refractivity contribution in [3.63, 3.8) is 0 Å². The Morgan fingerprint density at radius 3 is 2.33 bits per heavy atom. The van der Waals surface area contributed by atoms with Crippen LogP contribution in [-0.4, -0.2) is 37.6 Å². The molecule has 1 aliphatic rings. The van der Waals surface area contributed by atoms with Gasteiger partial charge in [-0.15, -0.1) is 0 Å². The second kappa shape index (κ2) is 8.16. The standard InChI is InChI=1S/C16H34N2/c1-5-11-17-13-16(9-7-8-10-16)14-18(6-2)12-15(3)4/h15,17H,5-14H2,1-4H3. The number of hydrogen-bond donors (Lipinski definition) is 1. The van der Waals surface area contributed by atoms with E-state index in [0.29, 0.717) is 5.41 Å². The average Bonchev–Trinajstić information content (AvgIpc) is 2.77. The van der Waals surface area contributed by atoms with Gasteiger partial charge in [0.05, 0.1) is 0 Å². The highest BCUT2D eigenvalue weighted by Crippen LogP contribution is 2.38. The molecule has 0 aromatic heterocycles. The third kappa shape index (κ3) is 5.27. The molecule has 2 heteroatoms. The van der Waals surface area contributed by atoms with Crippen molar-refractivity contribution in [1.82, 2.24) is 10.2 Å². The van der Waals surface area contributed by atoms with Gasteiger partial charge in [-0.3, -0.25) is 0 Å². The summed E-state index contributed by atoms with van der Waals surface area (Å²) in [4.78, 5) is 2.67. The van der Waals surface area contributed by atoms with E-state index in [2.05, 4.69) is 37.9 Å². The molecule has 0 aromatic carbocycles. The van der Waals surface area contributed by atoms with Crippen LogP contribution in [-0.2, 0) is 0 Å². The number of rotatable bonds is 9. The summed E-state index contributed by atoms with van der Waals surface area (Å²) in [5.41, 5.74) is 0.570. The van der Waals surface area contributed by atoms with Gasteiger partial charge in [0.15, 0.2) is 0 Å². The molecule has 1 rings (SSSR count). The summed E-state index contributed by atoms with van der Waals surface area (Å²) in [6.07, 6.45) is 6.98. The smallest absolute Gasteiger partial charge is 0.00501 e. The Kier molecular flexibility index (Phi) is 7.25. The van der Waals surface area contributed by atoms with Crippen LogP contribution in [0.5, 0.6) is 0 Å². The normalized spacial score (nSPS) is 19.0. The van der Waals surface area contributed by atoms with E-state index in [9.17, 15) is 0 Å². The summed E-state index contributed by atoms with van der Waals surface area (Å²) in [6.45, 7) is 15.4. The van der Waals surface area contributed by atoms with Gasteiger partial charge < -0.3 is 10.2 Å². The summed E-state index contributed by atoms with van der Waals surface area (Å²) in [6, 6.07) is 0. The van der Waals surface area contributed by atoms with Gasteiger partial charge in [0.1, 0.15) is 0 Å². The molecule has 0 atom stereocenters. The molecule has 0 amide bonds. The Bertz CT molecular complexity index is 207. The molecule has 0 saturated heterocycles. The van der Waals surface area contributed by atoms with Gasteiger partial charge >= 0.3 is 0 Å². The van der Waals surface area contributed by atoms with Crippen molar-refractivity contribution in [2.45, 2.75) is 59.8 Å². The molecule has 108 valence electrons. The molecule has 0 spiro atoms. The van der Waals surface area contributed by atoms with E-state index in [1.165, 1.54) is 64.8 Å². The van der Waals surface area contributed by atoms with Gasteiger partial charge in [-0.1, -0.05) is 40.5 Å². The minimum atomic E-state index is 0.570. The van der Waals surface area contributed by atoms with Crippen molar-refractivity contribution < 1.29 is 0 Å². The summed E-state index contributed by atoms with van der Waals surface area (Å²) in [5, 5.41) is 3.67. The van der Waals surface area contributed by atoms with Crippen molar-refractivity contribution in [2.75, 3.05) is 32.7 Å². The highest BCUT2D eigenvalue weighted by atomic mass is 15.1. The molecular weight excluding hydrogens is 220 g/mol. The van der Waals surface area contributed by atoms with E-state index >= 15 is 0 Å². The van der Waals surface area contributed by atoms with Gasteiger partial charge in [-0.05, 0) is 43.7 Å². The minimum absolute atomic E-state index is 0.570. The molecule has 0 heterocycles. The average molecular weight is 254 g/mol. The van der Waals surface area contributed by atoms with Crippen LogP contribution < -0.4 is 5.32 Å². The van der Waals surface area contributed by atoms with Crippen LogP contribution in [0.3, 0.4) is 0 Å². The lowest BCUT2D eigenvalue weighted by atomic mass is 9.85. The fourth-order valence-electron chi connectivity index (χ4n) is 3.34. The van der Waals surface area contributed by atoms with E-state index in [-0.39, 0.29) is 0 Å². The van der Waals surface area contributed by atoms with E-state index in [0.717, 1.165) is 5.92 Å². The molecule has 0 unspecified atom stereocenters. The molecule has 0 bridgehead atoms.